The summed E-state index contributed by atoms with van der Waals surface area (Å²) in [6.45, 7) is 1.61. The van der Waals surface area contributed by atoms with Gasteiger partial charge in [0.05, 0.1) is 5.69 Å². The Kier molecular flexibility index (Phi) is 3.15. The quantitative estimate of drug-likeness (QED) is 0.785. The molecule has 0 saturated carbocycles. The topological polar surface area (TPSA) is 29.1 Å². The highest BCUT2D eigenvalue weighted by Crippen LogP contribution is 2.36. The van der Waals surface area contributed by atoms with E-state index in [1.807, 2.05) is 18.2 Å². The number of benzene rings is 2. The van der Waals surface area contributed by atoms with Crippen LogP contribution in [0.25, 0.3) is 0 Å². The molecule has 0 spiro atoms. The molecule has 2 aromatic rings. The van der Waals surface area contributed by atoms with Gasteiger partial charge in [-0.25, -0.2) is 0 Å². The Hall–Kier alpha value is -1.61. The summed E-state index contributed by atoms with van der Waals surface area (Å²) in [5.41, 5.74) is 5.28. The van der Waals surface area contributed by atoms with Crippen molar-refractivity contribution in [3.05, 3.63) is 57.6 Å². The number of hydrogen-bond acceptors (Lipinski definition) is 2. The van der Waals surface area contributed by atoms with Gasteiger partial charge in [-0.15, -0.1) is 0 Å². The summed E-state index contributed by atoms with van der Waals surface area (Å²) in [5.74, 6) is 0.0932. The lowest BCUT2D eigenvalue weighted by Crippen LogP contribution is -2.03. The number of anilines is 2. The van der Waals surface area contributed by atoms with Crippen molar-refractivity contribution in [3.8, 4) is 0 Å². The van der Waals surface area contributed by atoms with Gasteiger partial charge >= 0.3 is 0 Å². The summed E-state index contributed by atoms with van der Waals surface area (Å²) < 4.78 is 1.06. The minimum atomic E-state index is 0.0932. The number of Topliss-reactive ketones (excluding diaryl/α,β-unsaturated/α-hetero) is 1. The van der Waals surface area contributed by atoms with Crippen molar-refractivity contribution in [3.63, 3.8) is 0 Å². The van der Waals surface area contributed by atoms with Crippen molar-refractivity contribution in [2.75, 3.05) is 5.32 Å². The van der Waals surface area contributed by atoms with E-state index in [-0.39, 0.29) is 5.78 Å². The molecule has 0 bridgehead atoms. The number of carbonyl (C=O) groups excluding carboxylic acids is 1. The molecule has 0 fully saturated rings. The number of para-hydroxylation sites is 1. The van der Waals surface area contributed by atoms with Crippen molar-refractivity contribution in [2.24, 2.45) is 0 Å². The van der Waals surface area contributed by atoms with Crippen molar-refractivity contribution >= 4 is 33.1 Å². The maximum atomic E-state index is 11.8. The molecular formula is C16H14BrNO. The summed E-state index contributed by atoms with van der Waals surface area (Å²) in [5, 5.41) is 3.44. The maximum absolute atomic E-state index is 11.8. The predicted octanol–water partition coefficient (Wildman–Crippen LogP) is 4.49. The molecule has 0 unspecified atom stereocenters. The number of rotatable bonds is 1. The van der Waals surface area contributed by atoms with Gasteiger partial charge in [-0.1, -0.05) is 34.1 Å². The monoisotopic (exact) mass is 315 g/mol. The zero-order valence-corrected chi connectivity index (χ0v) is 12.3. The summed E-state index contributed by atoms with van der Waals surface area (Å²) in [7, 11) is 0. The molecule has 2 nitrogen and oxygen atoms in total. The fourth-order valence-corrected chi connectivity index (χ4v) is 3.09. The van der Waals surface area contributed by atoms with Crippen LogP contribution in [0.3, 0.4) is 0 Å². The predicted molar refractivity (Wildman–Crippen MR) is 81.3 cm³/mol. The Morgan fingerprint density at radius 3 is 2.74 bits per heavy atom. The van der Waals surface area contributed by atoms with E-state index < -0.39 is 0 Å². The van der Waals surface area contributed by atoms with Gasteiger partial charge in [-0.3, -0.25) is 4.79 Å². The number of hydrogen-bond donors (Lipinski definition) is 1. The van der Waals surface area contributed by atoms with Gasteiger partial charge in [0.1, 0.15) is 0 Å². The highest BCUT2D eigenvalue weighted by atomic mass is 79.9. The fourth-order valence-electron chi connectivity index (χ4n) is 2.56. The van der Waals surface area contributed by atoms with Crippen molar-refractivity contribution in [1.82, 2.24) is 0 Å². The number of nitrogens with one attached hydrogen (secondary N) is 1. The molecule has 1 aliphatic rings. The number of halogens is 1. The van der Waals surface area contributed by atoms with E-state index in [9.17, 15) is 4.79 Å². The van der Waals surface area contributed by atoms with Gasteiger partial charge in [0.15, 0.2) is 5.78 Å². The molecular weight excluding hydrogens is 302 g/mol. The first-order chi connectivity index (χ1) is 9.16. The van der Waals surface area contributed by atoms with Gasteiger partial charge in [0, 0.05) is 15.7 Å². The number of aryl methyl sites for hydroxylation is 1. The zero-order chi connectivity index (χ0) is 13.4. The van der Waals surface area contributed by atoms with E-state index in [2.05, 4.69) is 39.4 Å². The second kappa shape index (κ2) is 4.82. The third-order valence-electron chi connectivity index (χ3n) is 3.56. The van der Waals surface area contributed by atoms with Crippen LogP contribution in [0.4, 0.5) is 11.4 Å². The molecule has 0 aliphatic carbocycles. The average molecular weight is 316 g/mol. The molecule has 96 valence electrons. The molecule has 0 amide bonds. The third kappa shape index (κ3) is 2.19. The summed E-state index contributed by atoms with van der Waals surface area (Å²) >= 11 is 3.59. The lowest BCUT2D eigenvalue weighted by Gasteiger charge is -2.14. The highest BCUT2D eigenvalue weighted by Gasteiger charge is 2.19. The Balaban J connectivity index is 2.20. The molecule has 2 aromatic carbocycles. The number of fused-ring (bicyclic) bond motifs is 2. The largest absolute Gasteiger partial charge is 0.354 e. The van der Waals surface area contributed by atoms with Gasteiger partial charge in [0.2, 0.25) is 0 Å². The lowest BCUT2D eigenvalue weighted by atomic mass is 10.0. The molecule has 0 atom stereocenters. The van der Waals surface area contributed by atoms with Crippen LogP contribution in [-0.2, 0) is 12.8 Å². The van der Waals surface area contributed by atoms with E-state index in [0.717, 1.165) is 34.3 Å². The SMILES string of the molecule is CC(=O)c1ccc(Br)c2c1Nc1ccccc1CC2. The molecule has 0 saturated heterocycles. The van der Waals surface area contributed by atoms with E-state index in [4.69, 9.17) is 0 Å². The molecule has 0 aromatic heterocycles. The second-order valence-corrected chi connectivity index (χ2v) is 5.64. The van der Waals surface area contributed by atoms with Crippen LogP contribution in [0.2, 0.25) is 0 Å². The minimum absolute atomic E-state index is 0.0932. The molecule has 1 N–H and O–H groups in total. The van der Waals surface area contributed by atoms with Crippen LogP contribution < -0.4 is 5.32 Å². The van der Waals surface area contributed by atoms with Crippen molar-refractivity contribution in [1.29, 1.82) is 0 Å². The first kappa shape index (κ1) is 12.4. The second-order valence-electron chi connectivity index (χ2n) is 4.79. The van der Waals surface area contributed by atoms with Crippen molar-refractivity contribution in [2.45, 2.75) is 19.8 Å². The third-order valence-corrected chi connectivity index (χ3v) is 4.30. The Bertz CT molecular complexity index is 664. The highest BCUT2D eigenvalue weighted by molar-refractivity contribution is 9.10. The van der Waals surface area contributed by atoms with Gasteiger partial charge in [0.25, 0.3) is 0 Å². The van der Waals surface area contributed by atoms with Crippen molar-refractivity contribution < 1.29 is 4.79 Å². The molecule has 3 rings (SSSR count). The van der Waals surface area contributed by atoms with Gasteiger partial charge in [-0.05, 0) is 49.1 Å². The van der Waals surface area contributed by atoms with Crippen LogP contribution >= 0.6 is 15.9 Å². The summed E-state index contributed by atoms with van der Waals surface area (Å²) in [6, 6.07) is 12.1. The maximum Gasteiger partial charge on any atom is 0.161 e. The van der Waals surface area contributed by atoms with Crippen LogP contribution in [0.15, 0.2) is 40.9 Å². The smallest absolute Gasteiger partial charge is 0.161 e. The van der Waals surface area contributed by atoms with Crippen LogP contribution in [-0.4, -0.2) is 5.78 Å². The number of carbonyl (C=O) groups is 1. The fraction of sp³-hybridized carbons (Fsp3) is 0.188. The summed E-state index contributed by atoms with van der Waals surface area (Å²) in [6.07, 6.45) is 1.91. The van der Waals surface area contributed by atoms with E-state index in [1.165, 1.54) is 11.1 Å². The minimum Gasteiger partial charge on any atom is -0.354 e. The Labute approximate surface area is 121 Å². The van der Waals surface area contributed by atoms with Gasteiger partial charge < -0.3 is 5.32 Å². The molecule has 3 heteroatoms. The van der Waals surface area contributed by atoms with Crippen LogP contribution in [0.1, 0.15) is 28.4 Å². The first-order valence-corrected chi connectivity index (χ1v) is 7.13. The van der Waals surface area contributed by atoms with E-state index >= 15 is 0 Å². The van der Waals surface area contributed by atoms with E-state index in [1.54, 1.807) is 6.92 Å². The van der Waals surface area contributed by atoms with Crippen LogP contribution in [0, 0.1) is 0 Å². The molecule has 1 aliphatic heterocycles. The van der Waals surface area contributed by atoms with Gasteiger partial charge in [-0.2, -0.15) is 0 Å². The number of ketones is 1. The first-order valence-electron chi connectivity index (χ1n) is 6.34. The normalized spacial score (nSPS) is 12.9. The molecule has 1 heterocycles. The van der Waals surface area contributed by atoms with E-state index in [0.29, 0.717) is 0 Å². The molecule has 19 heavy (non-hydrogen) atoms. The standard InChI is InChI=1S/C16H14BrNO/c1-10(19)12-8-9-14(17)13-7-6-11-4-2-3-5-15(11)18-16(12)13/h2-5,8-9,18H,6-7H2,1H3. The lowest BCUT2D eigenvalue weighted by molar-refractivity contribution is 0.101. The average Bonchev–Trinajstić information content (AvgIpc) is 2.58. The summed E-state index contributed by atoms with van der Waals surface area (Å²) in [4.78, 5) is 11.8. The van der Waals surface area contributed by atoms with Crippen LogP contribution in [0.5, 0.6) is 0 Å². The Morgan fingerprint density at radius 1 is 1.16 bits per heavy atom. The molecule has 0 radical (unpaired) electrons. The zero-order valence-electron chi connectivity index (χ0n) is 10.7. The Morgan fingerprint density at radius 2 is 1.95 bits per heavy atom.